The fraction of sp³-hybridized carbons (Fsp3) is 0.222. The average Bonchev–Trinajstić information content (AvgIpc) is 2.48. The van der Waals surface area contributed by atoms with Gasteiger partial charge in [0, 0.05) is 16.0 Å². The van der Waals surface area contributed by atoms with Crippen molar-refractivity contribution < 1.29 is 0 Å². The van der Waals surface area contributed by atoms with Gasteiger partial charge >= 0.3 is 0 Å². The molecule has 0 nitrogen and oxygen atoms in total. The van der Waals surface area contributed by atoms with E-state index in [1.165, 1.54) is 17.6 Å². The van der Waals surface area contributed by atoms with E-state index in [9.17, 15) is 0 Å². The van der Waals surface area contributed by atoms with Crippen molar-refractivity contribution in [2.45, 2.75) is 25.2 Å². The number of halogens is 2. The fourth-order valence-electron chi connectivity index (χ4n) is 2.95. The van der Waals surface area contributed by atoms with E-state index in [2.05, 4.69) is 24.3 Å². The lowest BCUT2D eigenvalue weighted by Gasteiger charge is -2.26. The number of hydrogen-bond acceptors (Lipinski definition) is 0. The minimum absolute atomic E-state index is 0.345. The molecule has 1 aliphatic rings. The Morgan fingerprint density at radius 1 is 0.850 bits per heavy atom. The Kier molecular flexibility index (Phi) is 4.14. The van der Waals surface area contributed by atoms with Gasteiger partial charge in [-0.3, -0.25) is 0 Å². The Morgan fingerprint density at radius 3 is 2.30 bits per heavy atom. The fourth-order valence-corrected chi connectivity index (χ4v) is 3.46. The Labute approximate surface area is 130 Å². The highest BCUT2D eigenvalue weighted by atomic mass is 35.5. The second-order valence-corrected chi connectivity index (χ2v) is 5.96. The first-order chi connectivity index (χ1) is 9.77. The molecule has 1 atom stereocenters. The van der Waals surface area contributed by atoms with E-state index < -0.39 is 0 Å². The second kappa shape index (κ2) is 6.03. The molecule has 2 aromatic rings. The SMILES string of the molecule is Clc1ccccc1C1=CCCCC1c1ccccc1Cl. The Hall–Kier alpha value is -1.24. The summed E-state index contributed by atoms with van der Waals surface area (Å²) in [7, 11) is 0. The van der Waals surface area contributed by atoms with Crippen molar-refractivity contribution in [1.82, 2.24) is 0 Å². The maximum atomic E-state index is 6.39. The zero-order valence-electron chi connectivity index (χ0n) is 11.2. The molecule has 102 valence electrons. The maximum Gasteiger partial charge on any atom is 0.0481 e. The van der Waals surface area contributed by atoms with Crippen molar-refractivity contribution in [2.24, 2.45) is 0 Å². The number of benzene rings is 2. The molecule has 0 spiro atoms. The van der Waals surface area contributed by atoms with Crippen LogP contribution in [0.25, 0.3) is 5.57 Å². The molecule has 1 aliphatic carbocycles. The van der Waals surface area contributed by atoms with Gasteiger partial charge in [-0.25, -0.2) is 0 Å². The van der Waals surface area contributed by atoms with Gasteiger partial charge in [-0.2, -0.15) is 0 Å². The summed E-state index contributed by atoms with van der Waals surface area (Å²) in [6.45, 7) is 0. The van der Waals surface area contributed by atoms with Gasteiger partial charge in [-0.1, -0.05) is 65.7 Å². The number of allylic oxidation sites excluding steroid dienone is 2. The van der Waals surface area contributed by atoms with Crippen LogP contribution in [0.1, 0.15) is 36.3 Å². The van der Waals surface area contributed by atoms with Gasteiger partial charge in [0.2, 0.25) is 0 Å². The lowest BCUT2D eigenvalue weighted by atomic mass is 9.79. The van der Waals surface area contributed by atoms with E-state index in [0.29, 0.717) is 5.92 Å². The van der Waals surface area contributed by atoms with Crippen LogP contribution in [0.2, 0.25) is 10.0 Å². The average molecular weight is 303 g/mol. The van der Waals surface area contributed by atoms with Gasteiger partial charge in [0.05, 0.1) is 0 Å². The molecule has 0 aromatic heterocycles. The standard InChI is InChI=1S/C18H16Cl2/c19-17-11-5-3-9-15(17)13-7-1-2-8-14(13)16-10-4-6-12-18(16)20/h3-7,9-12,14H,1-2,8H2. The molecular weight excluding hydrogens is 287 g/mol. The highest BCUT2D eigenvalue weighted by Gasteiger charge is 2.23. The summed E-state index contributed by atoms with van der Waals surface area (Å²) < 4.78 is 0. The van der Waals surface area contributed by atoms with E-state index in [1.807, 2.05) is 30.3 Å². The first-order valence-corrected chi connectivity index (χ1v) is 7.72. The normalized spacial score (nSPS) is 18.7. The molecular formula is C18H16Cl2. The minimum atomic E-state index is 0.345. The van der Waals surface area contributed by atoms with Crippen LogP contribution in [-0.4, -0.2) is 0 Å². The Morgan fingerprint density at radius 2 is 1.55 bits per heavy atom. The van der Waals surface area contributed by atoms with Crippen LogP contribution in [0.15, 0.2) is 54.6 Å². The van der Waals surface area contributed by atoms with Crippen LogP contribution < -0.4 is 0 Å². The molecule has 0 N–H and O–H groups in total. The van der Waals surface area contributed by atoms with Crippen LogP contribution in [0, 0.1) is 0 Å². The van der Waals surface area contributed by atoms with E-state index in [0.717, 1.165) is 28.5 Å². The van der Waals surface area contributed by atoms with Crippen molar-refractivity contribution >= 4 is 28.8 Å². The summed E-state index contributed by atoms with van der Waals surface area (Å²) in [5.74, 6) is 0.345. The number of hydrogen-bond donors (Lipinski definition) is 0. The molecule has 0 radical (unpaired) electrons. The second-order valence-electron chi connectivity index (χ2n) is 5.14. The van der Waals surface area contributed by atoms with Crippen molar-refractivity contribution in [3.05, 3.63) is 75.8 Å². The van der Waals surface area contributed by atoms with E-state index in [4.69, 9.17) is 23.2 Å². The lowest BCUT2D eigenvalue weighted by molar-refractivity contribution is 0.669. The maximum absolute atomic E-state index is 6.39. The quantitative estimate of drug-likeness (QED) is 0.607. The molecule has 0 bridgehead atoms. The number of rotatable bonds is 2. The predicted molar refractivity (Wildman–Crippen MR) is 87.5 cm³/mol. The van der Waals surface area contributed by atoms with Crippen molar-refractivity contribution in [1.29, 1.82) is 0 Å². The third-order valence-electron chi connectivity index (χ3n) is 3.90. The van der Waals surface area contributed by atoms with E-state index >= 15 is 0 Å². The third-order valence-corrected chi connectivity index (χ3v) is 4.58. The summed E-state index contributed by atoms with van der Waals surface area (Å²) in [6, 6.07) is 16.2. The molecule has 0 aliphatic heterocycles. The Bertz CT molecular complexity index is 643. The molecule has 2 heteroatoms. The van der Waals surface area contributed by atoms with Gasteiger partial charge in [0.25, 0.3) is 0 Å². The molecule has 0 fully saturated rings. The minimum Gasteiger partial charge on any atom is -0.0840 e. The summed E-state index contributed by atoms with van der Waals surface area (Å²) in [5.41, 5.74) is 3.66. The highest BCUT2D eigenvalue weighted by molar-refractivity contribution is 6.32. The van der Waals surface area contributed by atoms with Gasteiger partial charge in [0.15, 0.2) is 0 Å². The topological polar surface area (TPSA) is 0 Å². The van der Waals surface area contributed by atoms with Gasteiger partial charge in [-0.15, -0.1) is 0 Å². The molecule has 0 heterocycles. The molecule has 20 heavy (non-hydrogen) atoms. The lowest BCUT2D eigenvalue weighted by Crippen LogP contribution is -2.07. The highest BCUT2D eigenvalue weighted by Crippen LogP contribution is 2.43. The predicted octanol–water partition coefficient (Wildman–Crippen LogP) is 6.34. The van der Waals surface area contributed by atoms with Crippen LogP contribution in [0.5, 0.6) is 0 Å². The van der Waals surface area contributed by atoms with Gasteiger partial charge in [-0.05, 0) is 48.1 Å². The molecule has 0 saturated heterocycles. The summed E-state index contributed by atoms with van der Waals surface area (Å²) in [6.07, 6.45) is 5.75. The Balaban J connectivity index is 2.07. The van der Waals surface area contributed by atoms with E-state index in [-0.39, 0.29) is 0 Å². The monoisotopic (exact) mass is 302 g/mol. The van der Waals surface area contributed by atoms with Crippen LogP contribution in [-0.2, 0) is 0 Å². The first-order valence-electron chi connectivity index (χ1n) is 6.97. The van der Waals surface area contributed by atoms with Crippen LogP contribution >= 0.6 is 23.2 Å². The molecule has 3 rings (SSSR count). The molecule has 1 unspecified atom stereocenters. The van der Waals surface area contributed by atoms with Gasteiger partial charge < -0.3 is 0 Å². The summed E-state index contributed by atoms with van der Waals surface area (Å²) in [5, 5.41) is 1.66. The first kappa shape index (κ1) is 13.7. The van der Waals surface area contributed by atoms with E-state index in [1.54, 1.807) is 0 Å². The summed E-state index contributed by atoms with van der Waals surface area (Å²) >= 11 is 12.8. The van der Waals surface area contributed by atoms with Crippen molar-refractivity contribution in [2.75, 3.05) is 0 Å². The summed E-state index contributed by atoms with van der Waals surface area (Å²) in [4.78, 5) is 0. The van der Waals surface area contributed by atoms with Crippen LogP contribution in [0.3, 0.4) is 0 Å². The molecule has 2 aromatic carbocycles. The zero-order chi connectivity index (χ0) is 13.9. The van der Waals surface area contributed by atoms with Crippen LogP contribution in [0.4, 0.5) is 0 Å². The smallest absolute Gasteiger partial charge is 0.0481 e. The third kappa shape index (κ3) is 2.63. The largest absolute Gasteiger partial charge is 0.0840 e. The molecule has 0 amide bonds. The zero-order valence-corrected chi connectivity index (χ0v) is 12.7. The van der Waals surface area contributed by atoms with Gasteiger partial charge in [0.1, 0.15) is 0 Å². The molecule has 0 saturated carbocycles. The van der Waals surface area contributed by atoms with Crippen molar-refractivity contribution in [3.8, 4) is 0 Å². The van der Waals surface area contributed by atoms with Crippen molar-refractivity contribution in [3.63, 3.8) is 0 Å².